The van der Waals surface area contributed by atoms with Gasteiger partial charge < -0.3 is 10.0 Å². The largest absolute Gasteiger partial charge is 0.384 e. The monoisotopic (exact) mass is 223 g/mol. The molecule has 2 nitrogen and oxygen atoms in total. The molecule has 2 heterocycles. The van der Waals surface area contributed by atoms with E-state index in [1.54, 1.807) is 5.57 Å². The summed E-state index contributed by atoms with van der Waals surface area (Å²) in [5.74, 6) is 0. The van der Waals surface area contributed by atoms with Gasteiger partial charge in [-0.15, -0.1) is 0 Å². The van der Waals surface area contributed by atoms with Crippen molar-refractivity contribution in [2.45, 2.75) is 64.4 Å². The highest BCUT2D eigenvalue weighted by Gasteiger charge is 2.42. The Balaban J connectivity index is 0.000000457. The van der Waals surface area contributed by atoms with Gasteiger partial charge in [0.05, 0.1) is 0 Å². The molecule has 3 aliphatic rings. The second-order valence-corrected chi connectivity index (χ2v) is 5.03. The lowest BCUT2D eigenvalue weighted by Crippen LogP contribution is -2.49. The van der Waals surface area contributed by atoms with Crippen molar-refractivity contribution >= 4 is 0 Å². The summed E-state index contributed by atoms with van der Waals surface area (Å²) in [5.41, 5.74) is 2.50. The summed E-state index contributed by atoms with van der Waals surface area (Å²) in [6.45, 7) is 6.36. The highest BCUT2D eigenvalue weighted by molar-refractivity contribution is 5.29. The van der Waals surface area contributed by atoms with E-state index >= 15 is 0 Å². The molecule has 1 aliphatic carbocycles. The summed E-state index contributed by atoms with van der Waals surface area (Å²) in [7, 11) is 0. The Morgan fingerprint density at radius 1 is 1.00 bits per heavy atom. The molecule has 0 saturated carbocycles. The van der Waals surface area contributed by atoms with Crippen LogP contribution in [-0.4, -0.2) is 28.7 Å². The van der Waals surface area contributed by atoms with Crippen LogP contribution in [0.15, 0.2) is 11.3 Å². The Hall–Kier alpha value is -0.500. The number of hydrogen-bond acceptors (Lipinski definition) is 2. The van der Waals surface area contributed by atoms with Gasteiger partial charge in [-0.2, -0.15) is 0 Å². The summed E-state index contributed by atoms with van der Waals surface area (Å²) in [6.07, 6.45) is 8.17. The van der Waals surface area contributed by atoms with E-state index in [9.17, 15) is 5.11 Å². The third kappa shape index (κ3) is 1.88. The van der Waals surface area contributed by atoms with Gasteiger partial charge in [0.1, 0.15) is 5.60 Å². The van der Waals surface area contributed by atoms with Crippen LogP contribution >= 0.6 is 0 Å². The summed E-state index contributed by atoms with van der Waals surface area (Å²) in [5, 5.41) is 10.6. The molecule has 0 aromatic rings. The van der Waals surface area contributed by atoms with Gasteiger partial charge >= 0.3 is 0 Å². The number of piperidine rings is 1. The van der Waals surface area contributed by atoms with Crippen molar-refractivity contribution < 1.29 is 5.11 Å². The van der Waals surface area contributed by atoms with Crippen LogP contribution in [0.1, 0.15) is 58.8 Å². The van der Waals surface area contributed by atoms with Crippen LogP contribution in [0.5, 0.6) is 0 Å². The molecule has 1 N–H and O–H groups in total. The van der Waals surface area contributed by atoms with Crippen molar-refractivity contribution in [3.8, 4) is 0 Å². The maximum absolute atomic E-state index is 10.6. The summed E-state index contributed by atoms with van der Waals surface area (Å²) in [4.78, 5) is 2.46. The smallest absolute Gasteiger partial charge is 0.104 e. The van der Waals surface area contributed by atoms with Gasteiger partial charge in [-0.1, -0.05) is 13.8 Å². The Morgan fingerprint density at radius 3 is 2.44 bits per heavy atom. The molecule has 0 aromatic heterocycles. The SMILES string of the molecule is CC.OC12CCCC3=C1N(CCC3)CCC2. The molecule has 0 spiro atoms. The van der Waals surface area contributed by atoms with Gasteiger partial charge in [0.25, 0.3) is 0 Å². The molecule has 0 aromatic carbocycles. The second kappa shape index (κ2) is 4.79. The van der Waals surface area contributed by atoms with Crippen LogP contribution in [0.4, 0.5) is 0 Å². The van der Waals surface area contributed by atoms with Crippen molar-refractivity contribution in [2.75, 3.05) is 13.1 Å². The first kappa shape index (κ1) is 12.0. The predicted octanol–water partition coefficient (Wildman–Crippen LogP) is 3.07. The third-order valence-electron chi connectivity index (χ3n) is 4.09. The molecule has 16 heavy (non-hydrogen) atoms. The van der Waals surface area contributed by atoms with Gasteiger partial charge in [-0.25, -0.2) is 0 Å². The minimum Gasteiger partial charge on any atom is -0.384 e. The number of allylic oxidation sites excluding steroid dienone is 1. The molecule has 3 rings (SSSR count). The van der Waals surface area contributed by atoms with E-state index in [0.717, 1.165) is 12.8 Å². The van der Waals surface area contributed by atoms with Crippen LogP contribution in [-0.2, 0) is 0 Å². The van der Waals surface area contributed by atoms with Gasteiger partial charge in [-0.05, 0) is 50.5 Å². The second-order valence-electron chi connectivity index (χ2n) is 5.03. The van der Waals surface area contributed by atoms with E-state index in [-0.39, 0.29) is 0 Å². The molecule has 92 valence electrons. The van der Waals surface area contributed by atoms with Gasteiger partial charge in [0, 0.05) is 18.8 Å². The standard InChI is InChI=1S/C12H19NO.C2H6/c14-12-6-1-4-10-5-2-8-13(11(10)12)9-3-7-12;1-2/h14H,1-9H2;1-2H3. The number of hydrogen-bond donors (Lipinski definition) is 1. The highest BCUT2D eigenvalue weighted by Crippen LogP contribution is 2.44. The molecule has 1 saturated heterocycles. The minimum atomic E-state index is -0.424. The zero-order chi connectivity index (χ0) is 11.6. The highest BCUT2D eigenvalue weighted by atomic mass is 16.3. The van der Waals surface area contributed by atoms with Crippen molar-refractivity contribution in [1.29, 1.82) is 0 Å². The van der Waals surface area contributed by atoms with E-state index in [4.69, 9.17) is 0 Å². The first-order valence-electron chi connectivity index (χ1n) is 6.99. The molecule has 1 atom stereocenters. The molecule has 0 amide bonds. The van der Waals surface area contributed by atoms with Crippen LogP contribution in [0.2, 0.25) is 0 Å². The normalized spacial score (nSPS) is 32.8. The lowest BCUT2D eigenvalue weighted by molar-refractivity contribution is -0.00865. The van der Waals surface area contributed by atoms with Crippen molar-refractivity contribution in [3.05, 3.63) is 11.3 Å². The quantitative estimate of drug-likeness (QED) is 0.682. The van der Waals surface area contributed by atoms with Crippen molar-refractivity contribution in [1.82, 2.24) is 4.90 Å². The molecule has 1 unspecified atom stereocenters. The zero-order valence-corrected chi connectivity index (χ0v) is 10.8. The fourth-order valence-electron chi connectivity index (χ4n) is 3.55. The van der Waals surface area contributed by atoms with E-state index in [2.05, 4.69) is 4.90 Å². The van der Waals surface area contributed by atoms with E-state index < -0.39 is 5.60 Å². The molecule has 2 heteroatoms. The van der Waals surface area contributed by atoms with Crippen LogP contribution < -0.4 is 0 Å². The van der Waals surface area contributed by atoms with Crippen LogP contribution in [0, 0.1) is 0 Å². The van der Waals surface area contributed by atoms with Crippen LogP contribution in [0.25, 0.3) is 0 Å². The van der Waals surface area contributed by atoms with Crippen LogP contribution in [0.3, 0.4) is 0 Å². The van der Waals surface area contributed by atoms with E-state index in [1.165, 1.54) is 50.9 Å². The van der Waals surface area contributed by atoms with Gasteiger partial charge in [0.2, 0.25) is 0 Å². The topological polar surface area (TPSA) is 23.5 Å². The Morgan fingerprint density at radius 2 is 1.62 bits per heavy atom. The Bertz CT molecular complexity index is 280. The lowest BCUT2D eigenvalue weighted by Gasteiger charge is -2.49. The first-order chi connectivity index (χ1) is 7.80. The molecular formula is C14H25NO. The van der Waals surface area contributed by atoms with E-state index in [1.807, 2.05) is 13.8 Å². The van der Waals surface area contributed by atoms with E-state index in [0.29, 0.717) is 0 Å². The average Bonchev–Trinajstić information content (AvgIpc) is 2.32. The minimum absolute atomic E-state index is 0.424. The number of aliphatic hydroxyl groups is 1. The number of rotatable bonds is 0. The molecule has 1 fully saturated rings. The van der Waals surface area contributed by atoms with Gasteiger partial charge in [0.15, 0.2) is 0 Å². The maximum Gasteiger partial charge on any atom is 0.104 e. The Kier molecular flexibility index (Phi) is 3.58. The average molecular weight is 223 g/mol. The predicted molar refractivity (Wildman–Crippen MR) is 67.2 cm³/mol. The molecule has 0 radical (unpaired) electrons. The molecule has 0 bridgehead atoms. The maximum atomic E-state index is 10.6. The fourth-order valence-corrected chi connectivity index (χ4v) is 3.55. The lowest BCUT2D eigenvalue weighted by atomic mass is 9.75. The van der Waals surface area contributed by atoms with Crippen molar-refractivity contribution in [2.24, 2.45) is 0 Å². The fraction of sp³-hybridized carbons (Fsp3) is 0.857. The molecule has 2 aliphatic heterocycles. The summed E-state index contributed by atoms with van der Waals surface area (Å²) < 4.78 is 0. The summed E-state index contributed by atoms with van der Waals surface area (Å²) in [6, 6.07) is 0. The van der Waals surface area contributed by atoms with Crippen molar-refractivity contribution in [3.63, 3.8) is 0 Å². The third-order valence-corrected chi connectivity index (χ3v) is 4.09. The Labute approximate surface area is 99.3 Å². The first-order valence-corrected chi connectivity index (χ1v) is 6.99. The molecular weight excluding hydrogens is 198 g/mol. The number of nitrogens with zero attached hydrogens (tertiary/aromatic N) is 1. The summed E-state index contributed by atoms with van der Waals surface area (Å²) >= 11 is 0. The van der Waals surface area contributed by atoms with Gasteiger partial charge in [-0.3, -0.25) is 0 Å². The zero-order valence-electron chi connectivity index (χ0n) is 10.8.